The lowest BCUT2D eigenvalue weighted by atomic mass is 9.99. The van der Waals surface area contributed by atoms with Gasteiger partial charge in [-0.15, -0.1) is 0 Å². The number of aromatic nitrogens is 2. The van der Waals surface area contributed by atoms with Gasteiger partial charge in [-0.05, 0) is 48.7 Å². The van der Waals surface area contributed by atoms with E-state index < -0.39 is 11.7 Å². The Balaban J connectivity index is 1.60. The molecule has 148 valence electrons. The number of fused-ring (bicyclic) bond motifs is 2. The zero-order valence-electron chi connectivity index (χ0n) is 15.2. The summed E-state index contributed by atoms with van der Waals surface area (Å²) in [6, 6.07) is 8.51. The van der Waals surface area contributed by atoms with Gasteiger partial charge in [-0.2, -0.15) is 13.2 Å². The maximum absolute atomic E-state index is 13.0. The molecule has 8 heteroatoms. The van der Waals surface area contributed by atoms with Crippen molar-refractivity contribution in [1.29, 1.82) is 0 Å². The second-order valence-corrected chi connectivity index (χ2v) is 6.58. The largest absolute Gasteiger partial charge is 0.493 e. The Bertz CT molecular complexity index is 1110. The van der Waals surface area contributed by atoms with Crippen molar-refractivity contribution in [2.24, 2.45) is 0 Å². The second kappa shape index (κ2) is 7.54. The molecule has 0 unspecified atom stereocenters. The van der Waals surface area contributed by atoms with Crippen molar-refractivity contribution in [3.63, 3.8) is 0 Å². The van der Waals surface area contributed by atoms with Crippen LogP contribution in [0.3, 0.4) is 0 Å². The third kappa shape index (κ3) is 4.21. The van der Waals surface area contributed by atoms with Gasteiger partial charge in [0.1, 0.15) is 5.75 Å². The van der Waals surface area contributed by atoms with Crippen molar-refractivity contribution in [2.75, 3.05) is 11.9 Å². The molecule has 1 N–H and O–H groups in total. The number of hydrogen-bond acceptors (Lipinski definition) is 4. The first-order chi connectivity index (χ1) is 13.9. The van der Waals surface area contributed by atoms with Crippen LogP contribution in [0.4, 0.5) is 18.9 Å². The van der Waals surface area contributed by atoms with E-state index in [1.807, 2.05) is 0 Å². The van der Waals surface area contributed by atoms with Crippen LogP contribution in [0.25, 0.3) is 16.6 Å². The molecule has 0 fully saturated rings. The Morgan fingerprint density at radius 2 is 1.86 bits per heavy atom. The molecule has 5 nitrogen and oxygen atoms in total. The molecule has 0 saturated heterocycles. The first kappa shape index (κ1) is 18.9. The zero-order valence-corrected chi connectivity index (χ0v) is 15.2. The van der Waals surface area contributed by atoms with Gasteiger partial charge in [0.25, 0.3) is 0 Å². The van der Waals surface area contributed by atoms with Gasteiger partial charge in [0.2, 0.25) is 5.91 Å². The monoisotopic (exact) mass is 399 g/mol. The van der Waals surface area contributed by atoms with Crippen molar-refractivity contribution >= 4 is 28.2 Å². The van der Waals surface area contributed by atoms with Gasteiger partial charge in [-0.3, -0.25) is 14.8 Å². The highest BCUT2D eigenvalue weighted by atomic mass is 19.4. The Morgan fingerprint density at radius 1 is 1.07 bits per heavy atom. The van der Waals surface area contributed by atoms with Gasteiger partial charge in [-0.25, -0.2) is 0 Å². The van der Waals surface area contributed by atoms with Crippen LogP contribution in [0, 0.1) is 0 Å². The lowest BCUT2D eigenvalue weighted by Gasteiger charge is -2.13. The van der Waals surface area contributed by atoms with Crippen LogP contribution in [0.15, 0.2) is 54.9 Å². The molecule has 2 heterocycles. The number of halogens is 3. The Labute approximate surface area is 164 Å². The Morgan fingerprint density at radius 3 is 2.66 bits per heavy atom. The number of alkyl halides is 3. The fourth-order valence-electron chi connectivity index (χ4n) is 3.19. The SMILES string of the molecule is O=C(/C=C1\CCCOc2cc(C(F)(F)F)ccc21)Nc1ccc2nccnc2c1. The van der Waals surface area contributed by atoms with E-state index in [1.54, 1.807) is 30.6 Å². The summed E-state index contributed by atoms with van der Waals surface area (Å²) in [7, 11) is 0. The summed E-state index contributed by atoms with van der Waals surface area (Å²) in [6.45, 7) is 0.288. The van der Waals surface area contributed by atoms with E-state index in [1.165, 1.54) is 12.1 Å². The zero-order chi connectivity index (χ0) is 20.4. The number of nitrogens with one attached hydrogen (secondary N) is 1. The molecule has 0 spiro atoms. The van der Waals surface area contributed by atoms with Crippen LogP contribution >= 0.6 is 0 Å². The quantitative estimate of drug-likeness (QED) is 0.626. The fraction of sp³-hybridized carbons (Fsp3) is 0.190. The number of carbonyl (C=O) groups excluding carboxylic acids is 1. The molecule has 0 aliphatic carbocycles. The van der Waals surface area contributed by atoms with E-state index in [9.17, 15) is 18.0 Å². The fourth-order valence-corrected chi connectivity index (χ4v) is 3.19. The lowest BCUT2D eigenvalue weighted by Crippen LogP contribution is -2.09. The minimum absolute atomic E-state index is 0.136. The smallest absolute Gasteiger partial charge is 0.416 e. The van der Waals surface area contributed by atoms with E-state index >= 15 is 0 Å². The molecule has 0 atom stereocenters. The first-order valence-electron chi connectivity index (χ1n) is 8.97. The van der Waals surface area contributed by atoms with E-state index in [0.717, 1.165) is 12.1 Å². The summed E-state index contributed by atoms with van der Waals surface area (Å²) in [5, 5.41) is 2.76. The van der Waals surface area contributed by atoms with Crippen LogP contribution in [0.2, 0.25) is 0 Å². The number of hydrogen-bond donors (Lipinski definition) is 1. The maximum Gasteiger partial charge on any atom is 0.416 e. The minimum Gasteiger partial charge on any atom is -0.493 e. The van der Waals surface area contributed by atoms with E-state index in [-0.39, 0.29) is 18.3 Å². The van der Waals surface area contributed by atoms with Gasteiger partial charge in [0.05, 0.1) is 23.2 Å². The number of allylic oxidation sites excluding steroid dienone is 1. The molecule has 1 amide bonds. The van der Waals surface area contributed by atoms with Crippen molar-refractivity contribution in [1.82, 2.24) is 9.97 Å². The third-order valence-electron chi connectivity index (χ3n) is 4.55. The molecular formula is C21H16F3N3O2. The van der Waals surface area contributed by atoms with Gasteiger partial charge in [-0.1, -0.05) is 6.07 Å². The highest BCUT2D eigenvalue weighted by molar-refractivity contribution is 6.05. The lowest BCUT2D eigenvalue weighted by molar-refractivity contribution is -0.137. The average molecular weight is 399 g/mol. The summed E-state index contributed by atoms with van der Waals surface area (Å²) in [6.07, 6.45) is 1.22. The molecule has 1 aliphatic heterocycles. The van der Waals surface area contributed by atoms with E-state index in [4.69, 9.17) is 4.74 Å². The number of carbonyl (C=O) groups is 1. The van der Waals surface area contributed by atoms with Gasteiger partial charge in [0.15, 0.2) is 0 Å². The number of anilines is 1. The molecular weight excluding hydrogens is 383 g/mol. The molecule has 2 aromatic carbocycles. The standard InChI is InChI=1S/C21H16F3N3O2/c22-21(23,24)14-3-5-16-13(2-1-9-29-19(16)11-14)10-20(28)27-15-4-6-17-18(12-15)26-8-7-25-17/h3-8,10-12H,1-2,9H2,(H,27,28)/b13-10+. The van der Waals surface area contributed by atoms with E-state index in [2.05, 4.69) is 15.3 Å². The normalized spacial score (nSPS) is 15.5. The molecule has 0 bridgehead atoms. The van der Waals surface area contributed by atoms with Gasteiger partial charge in [0, 0.05) is 29.7 Å². The molecule has 3 aromatic rings. The second-order valence-electron chi connectivity index (χ2n) is 6.58. The topological polar surface area (TPSA) is 64.1 Å². The number of ether oxygens (including phenoxy) is 1. The van der Waals surface area contributed by atoms with Crippen LogP contribution in [0.1, 0.15) is 24.0 Å². The highest BCUT2D eigenvalue weighted by Crippen LogP contribution is 2.38. The summed E-state index contributed by atoms with van der Waals surface area (Å²) in [5.41, 5.74) is 2.25. The third-order valence-corrected chi connectivity index (χ3v) is 4.55. The van der Waals surface area contributed by atoms with Crippen LogP contribution in [-0.4, -0.2) is 22.5 Å². The van der Waals surface area contributed by atoms with Crippen LogP contribution in [0.5, 0.6) is 5.75 Å². The molecule has 0 radical (unpaired) electrons. The first-order valence-corrected chi connectivity index (χ1v) is 8.97. The number of benzene rings is 2. The van der Waals surface area contributed by atoms with Crippen molar-refractivity contribution < 1.29 is 22.7 Å². The van der Waals surface area contributed by atoms with Crippen LogP contribution < -0.4 is 10.1 Å². The minimum atomic E-state index is -4.45. The van der Waals surface area contributed by atoms with Gasteiger partial charge < -0.3 is 10.1 Å². The molecule has 0 saturated carbocycles. The molecule has 1 aromatic heterocycles. The maximum atomic E-state index is 13.0. The van der Waals surface area contributed by atoms with E-state index in [0.29, 0.717) is 40.7 Å². The Kier molecular flexibility index (Phi) is 4.92. The molecule has 1 aliphatic rings. The number of amides is 1. The summed E-state index contributed by atoms with van der Waals surface area (Å²) in [5.74, 6) is -0.242. The predicted molar refractivity (Wildman–Crippen MR) is 102 cm³/mol. The summed E-state index contributed by atoms with van der Waals surface area (Å²) < 4.78 is 44.4. The Hall–Kier alpha value is -3.42. The van der Waals surface area contributed by atoms with Crippen molar-refractivity contribution in [2.45, 2.75) is 19.0 Å². The summed E-state index contributed by atoms with van der Waals surface area (Å²) in [4.78, 5) is 20.9. The highest BCUT2D eigenvalue weighted by Gasteiger charge is 2.32. The van der Waals surface area contributed by atoms with Crippen LogP contribution in [-0.2, 0) is 11.0 Å². The number of nitrogens with zero attached hydrogens (tertiary/aromatic N) is 2. The molecule has 29 heavy (non-hydrogen) atoms. The predicted octanol–water partition coefficient (Wildman–Crippen LogP) is 4.84. The summed E-state index contributed by atoms with van der Waals surface area (Å²) >= 11 is 0. The van der Waals surface area contributed by atoms with Crippen molar-refractivity contribution in [3.8, 4) is 5.75 Å². The average Bonchev–Trinajstić information content (AvgIpc) is 2.89. The number of rotatable bonds is 2. The molecule has 4 rings (SSSR count). The van der Waals surface area contributed by atoms with Crippen molar-refractivity contribution in [3.05, 3.63) is 66.0 Å². The van der Waals surface area contributed by atoms with Gasteiger partial charge >= 0.3 is 6.18 Å².